The predicted molar refractivity (Wildman–Crippen MR) is 119 cm³/mol. The van der Waals surface area contributed by atoms with Crippen molar-refractivity contribution in [2.24, 2.45) is 0 Å². The number of hydrogen-bond acceptors (Lipinski definition) is 6. The van der Waals surface area contributed by atoms with Gasteiger partial charge in [-0.1, -0.05) is 25.1 Å². The Morgan fingerprint density at radius 2 is 1.93 bits per heavy atom. The van der Waals surface area contributed by atoms with E-state index < -0.39 is 0 Å². The normalized spacial score (nSPS) is 17.0. The van der Waals surface area contributed by atoms with Crippen LogP contribution in [0.1, 0.15) is 43.0 Å². The van der Waals surface area contributed by atoms with E-state index in [2.05, 4.69) is 23.4 Å². The summed E-state index contributed by atoms with van der Waals surface area (Å²) in [6, 6.07) is 0. The molecular formula is C21H28N5S2+. The summed E-state index contributed by atoms with van der Waals surface area (Å²) in [6.07, 6.45) is 9.24. The summed E-state index contributed by atoms with van der Waals surface area (Å²) in [6.45, 7) is 6.66. The van der Waals surface area contributed by atoms with Gasteiger partial charge in [-0.15, -0.1) is 11.3 Å². The van der Waals surface area contributed by atoms with Crippen molar-refractivity contribution < 1.29 is 5.32 Å². The Hall–Kier alpha value is -1.44. The van der Waals surface area contributed by atoms with Crippen molar-refractivity contribution in [1.82, 2.24) is 15.0 Å². The van der Waals surface area contributed by atoms with Gasteiger partial charge in [-0.25, -0.2) is 15.0 Å². The third kappa shape index (κ3) is 3.08. The Morgan fingerprint density at radius 3 is 2.71 bits per heavy atom. The lowest BCUT2D eigenvalue weighted by molar-refractivity contribution is -0.655. The lowest BCUT2D eigenvalue weighted by Crippen LogP contribution is -2.89. The SMILES string of the molecule is CCCCc1nc2sc3c(N4CC[NH2+]CC4)nc(SC)nc3c2c2c1CCC2. The van der Waals surface area contributed by atoms with Gasteiger partial charge in [-0.05, 0) is 49.5 Å². The van der Waals surface area contributed by atoms with Crippen molar-refractivity contribution in [3.8, 4) is 0 Å². The van der Waals surface area contributed by atoms with E-state index in [9.17, 15) is 0 Å². The minimum Gasteiger partial charge on any atom is -0.344 e. The second-order valence-corrected chi connectivity index (χ2v) is 9.59. The molecule has 0 saturated carbocycles. The van der Waals surface area contributed by atoms with Crippen LogP contribution in [-0.4, -0.2) is 47.4 Å². The number of aromatic nitrogens is 3. The van der Waals surface area contributed by atoms with Crippen molar-refractivity contribution in [1.29, 1.82) is 0 Å². The molecule has 3 aromatic heterocycles. The molecule has 1 fully saturated rings. The van der Waals surface area contributed by atoms with Crippen LogP contribution in [0.15, 0.2) is 5.16 Å². The van der Waals surface area contributed by atoms with Crippen LogP contribution in [0.5, 0.6) is 0 Å². The topological polar surface area (TPSA) is 58.5 Å². The number of fused-ring (bicyclic) bond motifs is 5. The number of nitrogens with zero attached hydrogens (tertiary/aromatic N) is 4. The third-order valence-electron chi connectivity index (χ3n) is 6.04. The lowest BCUT2D eigenvalue weighted by atomic mass is 10.0. The molecular weight excluding hydrogens is 386 g/mol. The molecule has 1 aliphatic carbocycles. The standard InChI is InChI=1S/C21H27N5S2/c1-3-4-8-15-13-6-5-7-14(13)16-17-18(28-20(16)23-15)19(25-21(24-17)27-2)26-11-9-22-10-12-26/h22H,3-12H2,1-2H3/p+1. The summed E-state index contributed by atoms with van der Waals surface area (Å²) >= 11 is 3.47. The van der Waals surface area contributed by atoms with E-state index in [4.69, 9.17) is 15.0 Å². The van der Waals surface area contributed by atoms with Gasteiger partial charge in [0, 0.05) is 11.1 Å². The highest BCUT2D eigenvalue weighted by atomic mass is 32.2. The number of anilines is 1. The maximum Gasteiger partial charge on any atom is 0.189 e. The zero-order valence-corrected chi connectivity index (χ0v) is 18.4. The minimum absolute atomic E-state index is 0.888. The molecule has 0 aromatic carbocycles. The lowest BCUT2D eigenvalue weighted by Gasteiger charge is -2.26. The van der Waals surface area contributed by atoms with Gasteiger partial charge in [0.15, 0.2) is 11.0 Å². The number of quaternary nitrogens is 1. The zero-order chi connectivity index (χ0) is 19.1. The van der Waals surface area contributed by atoms with E-state index in [0.717, 1.165) is 49.1 Å². The number of thiophene rings is 1. The first-order valence-corrected chi connectivity index (χ1v) is 12.6. The molecule has 2 aliphatic rings. The number of unbranched alkanes of at least 4 members (excludes halogenated alkanes) is 1. The number of piperazine rings is 1. The molecule has 0 bridgehead atoms. The number of pyridine rings is 1. The summed E-state index contributed by atoms with van der Waals surface area (Å²) in [5, 5.41) is 4.61. The summed E-state index contributed by atoms with van der Waals surface area (Å²) < 4.78 is 1.24. The molecule has 0 spiro atoms. The van der Waals surface area contributed by atoms with Crippen LogP contribution < -0.4 is 10.2 Å². The van der Waals surface area contributed by atoms with Crippen LogP contribution >= 0.6 is 23.1 Å². The van der Waals surface area contributed by atoms with E-state index in [1.807, 2.05) is 11.3 Å². The molecule has 5 rings (SSSR count). The zero-order valence-electron chi connectivity index (χ0n) is 16.8. The number of rotatable bonds is 5. The minimum atomic E-state index is 0.888. The third-order valence-corrected chi connectivity index (χ3v) is 7.65. The Balaban J connectivity index is 1.75. The highest BCUT2D eigenvalue weighted by Gasteiger charge is 2.26. The van der Waals surface area contributed by atoms with E-state index >= 15 is 0 Å². The van der Waals surface area contributed by atoms with Crippen LogP contribution in [0.25, 0.3) is 20.4 Å². The van der Waals surface area contributed by atoms with Crippen molar-refractivity contribution in [2.75, 3.05) is 37.3 Å². The van der Waals surface area contributed by atoms with E-state index in [1.165, 1.54) is 63.8 Å². The molecule has 2 N–H and O–H groups in total. The first kappa shape index (κ1) is 18.6. The predicted octanol–water partition coefficient (Wildman–Crippen LogP) is 3.18. The summed E-state index contributed by atoms with van der Waals surface area (Å²) in [5.41, 5.74) is 5.56. The Morgan fingerprint density at radius 1 is 1.11 bits per heavy atom. The molecule has 4 heterocycles. The fraction of sp³-hybridized carbons (Fsp3) is 0.571. The average Bonchev–Trinajstić information content (AvgIpc) is 3.36. The maximum atomic E-state index is 5.18. The molecule has 7 heteroatoms. The Kier molecular flexibility index (Phi) is 5.15. The molecule has 148 valence electrons. The Bertz CT molecular complexity index is 1020. The van der Waals surface area contributed by atoms with E-state index in [-0.39, 0.29) is 0 Å². The van der Waals surface area contributed by atoms with Crippen LogP contribution in [0.3, 0.4) is 0 Å². The van der Waals surface area contributed by atoms with Gasteiger partial charge in [-0.3, -0.25) is 0 Å². The van der Waals surface area contributed by atoms with Crippen LogP contribution in [0, 0.1) is 0 Å². The summed E-state index contributed by atoms with van der Waals surface area (Å²) in [5.74, 6) is 1.13. The largest absolute Gasteiger partial charge is 0.344 e. The molecule has 1 saturated heterocycles. The van der Waals surface area contributed by atoms with E-state index in [1.54, 1.807) is 11.8 Å². The highest BCUT2D eigenvalue weighted by Crippen LogP contribution is 2.43. The number of nitrogens with two attached hydrogens (primary N) is 1. The van der Waals surface area contributed by atoms with Gasteiger partial charge in [0.2, 0.25) is 0 Å². The second-order valence-electron chi connectivity index (χ2n) is 7.82. The van der Waals surface area contributed by atoms with Gasteiger partial charge in [0.1, 0.15) is 4.83 Å². The molecule has 0 unspecified atom stereocenters. The second kappa shape index (κ2) is 7.76. The summed E-state index contributed by atoms with van der Waals surface area (Å²) in [4.78, 5) is 18.8. The fourth-order valence-electron chi connectivity index (χ4n) is 4.63. The molecule has 1 aliphatic heterocycles. The highest BCUT2D eigenvalue weighted by molar-refractivity contribution is 7.98. The summed E-state index contributed by atoms with van der Waals surface area (Å²) in [7, 11) is 0. The van der Waals surface area contributed by atoms with Gasteiger partial charge in [-0.2, -0.15) is 0 Å². The van der Waals surface area contributed by atoms with Crippen molar-refractivity contribution in [2.45, 2.75) is 50.6 Å². The van der Waals surface area contributed by atoms with Gasteiger partial charge >= 0.3 is 0 Å². The first-order valence-electron chi connectivity index (χ1n) is 10.6. The molecule has 0 radical (unpaired) electrons. The average molecular weight is 415 g/mol. The quantitative estimate of drug-likeness (QED) is 0.513. The molecule has 0 amide bonds. The smallest absolute Gasteiger partial charge is 0.189 e. The van der Waals surface area contributed by atoms with Gasteiger partial charge in [0.25, 0.3) is 0 Å². The first-order chi connectivity index (χ1) is 13.8. The van der Waals surface area contributed by atoms with Gasteiger partial charge in [0.05, 0.1) is 36.4 Å². The monoisotopic (exact) mass is 414 g/mol. The molecule has 0 atom stereocenters. The molecule has 28 heavy (non-hydrogen) atoms. The number of aryl methyl sites for hydroxylation is 2. The maximum absolute atomic E-state index is 5.18. The van der Waals surface area contributed by atoms with Gasteiger partial charge < -0.3 is 10.2 Å². The number of hydrogen-bond donors (Lipinski definition) is 1. The Labute approximate surface area is 174 Å². The molecule has 3 aromatic rings. The van der Waals surface area contributed by atoms with Crippen LogP contribution in [0.2, 0.25) is 0 Å². The number of thioether (sulfide) groups is 1. The fourth-order valence-corrected chi connectivity index (χ4v) is 6.17. The van der Waals surface area contributed by atoms with Crippen molar-refractivity contribution in [3.63, 3.8) is 0 Å². The van der Waals surface area contributed by atoms with Crippen LogP contribution in [0.4, 0.5) is 5.82 Å². The van der Waals surface area contributed by atoms with E-state index in [0.29, 0.717) is 0 Å². The van der Waals surface area contributed by atoms with Crippen LogP contribution in [-0.2, 0) is 19.3 Å². The van der Waals surface area contributed by atoms with Crippen molar-refractivity contribution in [3.05, 3.63) is 16.8 Å². The molecule has 5 nitrogen and oxygen atoms in total. The van der Waals surface area contributed by atoms with Crippen molar-refractivity contribution >= 4 is 49.3 Å².